The fourth-order valence-electron chi connectivity index (χ4n) is 2.28. The summed E-state index contributed by atoms with van der Waals surface area (Å²) in [5, 5.41) is 8.61. The number of piperidine rings is 1. The lowest BCUT2D eigenvalue weighted by atomic mass is 10.0. The second-order valence-electron chi connectivity index (χ2n) is 4.25. The minimum absolute atomic E-state index is 0.475. The molecule has 2 atom stereocenters. The monoisotopic (exact) mass is 136 g/mol. The van der Waals surface area contributed by atoms with E-state index in [1.807, 2.05) is 4.90 Å². The summed E-state index contributed by atoms with van der Waals surface area (Å²) in [6.45, 7) is 6.54. The van der Waals surface area contributed by atoms with Gasteiger partial charge >= 0.3 is 0 Å². The van der Waals surface area contributed by atoms with Gasteiger partial charge in [-0.3, -0.25) is 0 Å². The van der Waals surface area contributed by atoms with Crippen molar-refractivity contribution in [2.45, 2.75) is 20.3 Å². The Bertz CT molecular complexity index is 202. The Hall–Kier alpha value is -0.710. The van der Waals surface area contributed by atoms with Gasteiger partial charge in [0.25, 0.3) is 0 Å². The maximum Gasteiger partial charge on any atom is 0.179 e. The molecule has 2 fully saturated rings. The van der Waals surface area contributed by atoms with E-state index in [9.17, 15) is 0 Å². The van der Waals surface area contributed by atoms with Crippen LogP contribution in [0, 0.1) is 22.3 Å². The van der Waals surface area contributed by atoms with Gasteiger partial charge in [-0.05, 0) is 17.3 Å². The van der Waals surface area contributed by atoms with Crippen LogP contribution in [0.25, 0.3) is 0 Å². The Kier molecular flexibility index (Phi) is 0.794. The molecule has 2 aliphatic rings. The third-order valence-corrected chi connectivity index (χ3v) is 3.33. The first-order chi connectivity index (χ1) is 4.60. The van der Waals surface area contributed by atoms with Gasteiger partial charge in [0, 0.05) is 13.1 Å². The van der Waals surface area contributed by atoms with E-state index in [-0.39, 0.29) is 0 Å². The van der Waals surface area contributed by atoms with Crippen LogP contribution in [-0.2, 0) is 0 Å². The van der Waals surface area contributed by atoms with Crippen molar-refractivity contribution in [2.75, 3.05) is 13.1 Å². The quantitative estimate of drug-likeness (QED) is 0.468. The maximum absolute atomic E-state index is 8.61. The van der Waals surface area contributed by atoms with Crippen molar-refractivity contribution in [1.29, 1.82) is 5.26 Å². The predicted molar refractivity (Wildman–Crippen MR) is 38.0 cm³/mol. The fourth-order valence-corrected chi connectivity index (χ4v) is 2.28. The lowest BCUT2D eigenvalue weighted by Crippen LogP contribution is -2.18. The minimum Gasteiger partial charge on any atom is -0.309 e. The van der Waals surface area contributed by atoms with Gasteiger partial charge < -0.3 is 4.90 Å². The number of rotatable bonds is 0. The summed E-state index contributed by atoms with van der Waals surface area (Å²) >= 11 is 0. The first kappa shape index (κ1) is 6.03. The SMILES string of the molecule is C[C@@]12CN(C#N)C[C@]1(C)C2. The molecule has 1 saturated heterocycles. The Balaban J connectivity index is 2.18. The van der Waals surface area contributed by atoms with Crippen molar-refractivity contribution >= 4 is 0 Å². The fraction of sp³-hybridized carbons (Fsp3) is 0.875. The second kappa shape index (κ2) is 1.32. The van der Waals surface area contributed by atoms with Crippen LogP contribution in [0.5, 0.6) is 0 Å². The molecule has 2 nitrogen and oxygen atoms in total. The molecule has 1 heterocycles. The molecule has 2 rings (SSSR count). The van der Waals surface area contributed by atoms with Crippen LogP contribution < -0.4 is 0 Å². The molecule has 0 unspecified atom stereocenters. The molecule has 0 amide bonds. The number of likely N-dealkylation sites (tertiary alicyclic amines) is 1. The molecule has 0 N–H and O–H groups in total. The summed E-state index contributed by atoms with van der Waals surface area (Å²) in [5.41, 5.74) is 0.950. The topological polar surface area (TPSA) is 27.0 Å². The molecular formula is C8H12N2. The molecule has 0 radical (unpaired) electrons. The van der Waals surface area contributed by atoms with E-state index in [2.05, 4.69) is 20.0 Å². The number of nitriles is 1. The normalized spacial score (nSPS) is 50.3. The molecule has 1 aliphatic carbocycles. The van der Waals surface area contributed by atoms with E-state index >= 15 is 0 Å². The summed E-state index contributed by atoms with van der Waals surface area (Å²) in [4.78, 5) is 1.88. The number of nitrogens with zero attached hydrogens (tertiary/aromatic N) is 2. The maximum atomic E-state index is 8.61. The van der Waals surface area contributed by atoms with Crippen LogP contribution in [0.3, 0.4) is 0 Å². The van der Waals surface area contributed by atoms with Crippen LogP contribution in [0.1, 0.15) is 20.3 Å². The Morgan fingerprint density at radius 3 is 2.10 bits per heavy atom. The first-order valence-electron chi connectivity index (χ1n) is 3.74. The van der Waals surface area contributed by atoms with Crippen LogP contribution in [0.2, 0.25) is 0 Å². The highest BCUT2D eigenvalue weighted by atomic mass is 15.2. The summed E-state index contributed by atoms with van der Waals surface area (Å²) in [7, 11) is 0. The van der Waals surface area contributed by atoms with Gasteiger partial charge in [-0.25, -0.2) is 0 Å². The lowest BCUT2D eigenvalue weighted by molar-refractivity contribution is 0.389. The van der Waals surface area contributed by atoms with Crippen molar-refractivity contribution in [1.82, 2.24) is 4.90 Å². The highest BCUT2D eigenvalue weighted by molar-refractivity contribution is 5.18. The molecule has 2 heteroatoms. The Morgan fingerprint density at radius 2 is 1.80 bits per heavy atom. The predicted octanol–water partition coefficient (Wildman–Crippen LogP) is 1.20. The zero-order valence-electron chi connectivity index (χ0n) is 6.52. The molecule has 0 aromatic heterocycles. The van der Waals surface area contributed by atoms with Gasteiger partial charge in [-0.15, -0.1) is 0 Å². The molecule has 0 spiro atoms. The standard InChI is InChI=1S/C8H12N2/c1-7-3-8(7,2)5-10(4-7)6-9/h3-5H2,1-2H3/t7-,8+. The van der Waals surface area contributed by atoms with Gasteiger partial charge in [0.1, 0.15) is 0 Å². The third kappa shape index (κ3) is 0.489. The largest absolute Gasteiger partial charge is 0.309 e. The summed E-state index contributed by atoms with van der Waals surface area (Å²) < 4.78 is 0. The average molecular weight is 136 g/mol. The van der Waals surface area contributed by atoms with Crippen molar-refractivity contribution in [2.24, 2.45) is 10.8 Å². The number of hydrogen-bond acceptors (Lipinski definition) is 2. The molecule has 0 aromatic rings. The Labute approximate surface area is 61.4 Å². The van der Waals surface area contributed by atoms with Gasteiger partial charge in [0.15, 0.2) is 6.19 Å². The van der Waals surface area contributed by atoms with E-state index in [1.165, 1.54) is 6.42 Å². The van der Waals surface area contributed by atoms with Crippen LogP contribution in [-0.4, -0.2) is 18.0 Å². The van der Waals surface area contributed by atoms with Crippen molar-refractivity contribution in [3.63, 3.8) is 0 Å². The van der Waals surface area contributed by atoms with E-state index in [4.69, 9.17) is 5.26 Å². The van der Waals surface area contributed by atoms with Crippen molar-refractivity contribution in [3.05, 3.63) is 0 Å². The van der Waals surface area contributed by atoms with E-state index < -0.39 is 0 Å². The van der Waals surface area contributed by atoms with E-state index in [0.29, 0.717) is 10.8 Å². The van der Waals surface area contributed by atoms with E-state index in [0.717, 1.165) is 13.1 Å². The van der Waals surface area contributed by atoms with Crippen LogP contribution in [0.4, 0.5) is 0 Å². The number of fused-ring (bicyclic) bond motifs is 1. The van der Waals surface area contributed by atoms with Gasteiger partial charge in [-0.1, -0.05) is 13.8 Å². The molecule has 0 bridgehead atoms. The smallest absolute Gasteiger partial charge is 0.179 e. The highest BCUT2D eigenvalue weighted by Gasteiger charge is 2.66. The number of hydrogen-bond donors (Lipinski definition) is 0. The summed E-state index contributed by atoms with van der Waals surface area (Å²) in [6.07, 6.45) is 3.53. The zero-order chi connectivity index (χ0) is 7.41. The molecule has 54 valence electrons. The van der Waals surface area contributed by atoms with E-state index in [1.54, 1.807) is 0 Å². The average Bonchev–Trinajstić information content (AvgIpc) is 2.24. The summed E-state index contributed by atoms with van der Waals surface area (Å²) in [6, 6.07) is 0. The lowest BCUT2D eigenvalue weighted by Gasteiger charge is -2.10. The molecule has 0 aromatic carbocycles. The zero-order valence-corrected chi connectivity index (χ0v) is 6.52. The third-order valence-electron chi connectivity index (χ3n) is 3.33. The van der Waals surface area contributed by atoms with Crippen LogP contribution >= 0.6 is 0 Å². The minimum atomic E-state index is 0.475. The van der Waals surface area contributed by atoms with Gasteiger partial charge in [0.05, 0.1) is 0 Å². The van der Waals surface area contributed by atoms with Gasteiger partial charge in [0.2, 0.25) is 0 Å². The molecule has 1 aliphatic heterocycles. The van der Waals surface area contributed by atoms with Crippen molar-refractivity contribution < 1.29 is 0 Å². The first-order valence-corrected chi connectivity index (χ1v) is 3.74. The highest BCUT2D eigenvalue weighted by Crippen LogP contribution is 2.67. The van der Waals surface area contributed by atoms with Gasteiger partial charge in [-0.2, -0.15) is 5.26 Å². The second-order valence-corrected chi connectivity index (χ2v) is 4.25. The molecular weight excluding hydrogens is 124 g/mol. The Morgan fingerprint density at radius 1 is 1.30 bits per heavy atom. The molecule has 10 heavy (non-hydrogen) atoms. The van der Waals surface area contributed by atoms with Crippen LogP contribution in [0.15, 0.2) is 0 Å². The summed E-state index contributed by atoms with van der Waals surface area (Å²) in [5.74, 6) is 0. The molecule has 1 saturated carbocycles. The van der Waals surface area contributed by atoms with Crippen molar-refractivity contribution in [3.8, 4) is 6.19 Å².